The van der Waals surface area contributed by atoms with Gasteiger partial charge in [0.05, 0.1) is 5.69 Å². The van der Waals surface area contributed by atoms with Gasteiger partial charge >= 0.3 is 0 Å². The number of nitrogens with zero attached hydrogens (tertiary/aromatic N) is 2. The van der Waals surface area contributed by atoms with Crippen molar-refractivity contribution in [3.8, 4) is 0 Å². The molecule has 1 aromatic heterocycles. The number of hydrogen-bond acceptors (Lipinski definition) is 3. The van der Waals surface area contributed by atoms with Crippen LogP contribution in [0.2, 0.25) is 0 Å². The minimum atomic E-state index is 0.901. The van der Waals surface area contributed by atoms with Gasteiger partial charge in [-0.25, -0.2) is 0 Å². The molecule has 0 saturated carbocycles. The summed E-state index contributed by atoms with van der Waals surface area (Å²) >= 11 is 0. The molecule has 0 spiro atoms. The van der Waals surface area contributed by atoms with Crippen molar-refractivity contribution in [1.29, 1.82) is 0 Å². The number of hydrogen-bond donors (Lipinski definition) is 0. The van der Waals surface area contributed by atoms with Crippen LogP contribution in [0.25, 0.3) is 54.3 Å². The van der Waals surface area contributed by atoms with Crippen LogP contribution in [0.4, 0.5) is 34.1 Å². The molecule has 0 saturated heterocycles. The summed E-state index contributed by atoms with van der Waals surface area (Å²) in [6.07, 6.45) is 0. The number of rotatable bonds is 6. The largest absolute Gasteiger partial charge is 0.455 e. The minimum Gasteiger partial charge on any atom is -0.455 e. The van der Waals surface area contributed by atoms with Gasteiger partial charge in [0.1, 0.15) is 11.2 Å². The maximum atomic E-state index is 6.58. The monoisotopic (exact) mass is 652 g/mol. The van der Waals surface area contributed by atoms with Crippen molar-refractivity contribution >= 4 is 88.4 Å². The van der Waals surface area contributed by atoms with E-state index in [0.29, 0.717) is 0 Å². The zero-order valence-electron chi connectivity index (χ0n) is 27.8. The molecule has 51 heavy (non-hydrogen) atoms. The van der Waals surface area contributed by atoms with E-state index in [-0.39, 0.29) is 0 Å². The smallest absolute Gasteiger partial charge is 0.143 e. The molecule has 0 aliphatic carbocycles. The molecule has 0 fully saturated rings. The molecular weight excluding hydrogens is 621 g/mol. The van der Waals surface area contributed by atoms with E-state index in [1.54, 1.807) is 0 Å². The molecular formula is C48H32N2O. The number of benzene rings is 9. The van der Waals surface area contributed by atoms with E-state index in [1.807, 2.05) is 6.07 Å². The molecule has 0 bridgehead atoms. The average molecular weight is 653 g/mol. The lowest BCUT2D eigenvalue weighted by Crippen LogP contribution is -2.13. The van der Waals surface area contributed by atoms with Gasteiger partial charge in [0.2, 0.25) is 0 Å². The van der Waals surface area contributed by atoms with E-state index in [4.69, 9.17) is 4.42 Å². The lowest BCUT2D eigenvalue weighted by Gasteiger charge is -2.30. The number of para-hydroxylation sites is 3. The predicted molar refractivity (Wildman–Crippen MR) is 216 cm³/mol. The highest BCUT2D eigenvalue weighted by Gasteiger charge is 2.21. The SMILES string of the molecule is c1ccc(N(c2cccc(N(c3ccccc3)c3cccc4ccccc34)c2)c2ccc3c4ccccc4c4oc5ccccc5c4c3c2)cc1. The Morgan fingerprint density at radius 3 is 1.63 bits per heavy atom. The van der Waals surface area contributed by atoms with Crippen molar-refractivity contribution in [2.45, 2.75) is 0 Å². The summed E-state index contributed by atoms with van der Waals surface area (Å²) in [6.45, 7) is 0. The second-order valence-electron chi connectivity index (χ2n) is 12.9. The number of anilines is 6. The van der Waals surface area contributed by atoms with Gasteiger partial charge in [0.25, 0.3) is 0 Å². The molecule has 1 heterocycles. The molecule has 0 aliphatic rings. The van der Waals surface area contributed by atoms with E-state index in [0.717, 1.165) is 61.4 Å². The van der Waals surface area contributed by atoms with Gasteiger partial charge in [0, 0.05) is 50.0 Å². The van der Waals surface area contributed by atoms with Crippen LogP contribution in [0, 0.1) is 0 Å². The van der Waals surface area contributed by atoms with Gasteiger partial charge < -0.3 is 14.2 Å². The van der Waals surface area contributed by atoms with Gasteiger partial charge in [-0.05, 0) is 88.3 Å². The molecule has 10 aromatic rings. The second-order valence-corrected chi connectivity index (χ2v) is 12.9. The van der Waals surface area contributed by atoms with Crippen LogP contribution in [0.5, 0.6) is 0 Å². The van der Waals surface area contributed by atoms with Gasteiger partial charge in [0.15, 0.2) is 0 Å². The number of furan rings is 1. The first-order valence-corrected chi connectivity index (χ1v) is 17.4. The van der Waals surface area contributed by atoms with Crippen molar-refractivity contribution in [3.05, 3.63) is 194 Å². The fourth-order valence-corrected chi connectivity index (χ4v) is 7.73. The second kappa shape index (κ2) is 11.9. The van der Waals surface area contributed by atoms with Crippen LogP contribution in [0.1, 0.15) is 0 Å². The third-order valence-electron chi connectivity index (χ3n) is 9.97. The van der Waals surface area contributed by atoms with Crippen molar-refractivity contribution in [1.82, 2.24) is 0 Å². The van der Waals surface area contributed by atoms with Crippen LogP contribution in [0.15, 0.2) is 199 Å². The van der Waals surface area contributed by atoms with E-state index in [9.17, 15) is 0 Å². The lowest BCUT2D eigenvalue weighted by molar-refractivity contribution is 0.673. The topological polar surface area (TPSA) is 19.6 Å². The van der Waals surface area contributed by atoms with Crippen LogP contribution in [0.3, 0.4) is 0 Å². The first-order chi connectivity index (χ1) is 25.3. The molecule has 10 rings (SSSR count). The van der Waals surface area contributed by atoms with Crippen molar-refractivity contribution < 1.29 is 4.42 Å². The Morgan fingerprint density at radius 1 is 0.314 bits per heavy atom. The Labute approximate surface area is 295 Å². The third kappa shape index (κ3) is 4.82. The van der Waals surface area contributed by atoms with Gasteiger partial charge in [-0.3, -0.25) is 0 Å². The molecule has 3 nitrogen and oxygen atoms in total. The van der Waals surface area contributed by atoms with E-state index in [2.05, 4.69) is 198 Å². The Kier molecular flexibility index (Phi) is 6.81. The maximum Gasteiger partial charge on any atom is 0.143 e. The maximum absolute atomic E-state index is 6.58. The van der Waals surface area contributed by atoms with Crippen LogP contribution in [-0.2, 0) is 0 Å². The summed E-state index contributed by atoms with van der Waals surface area (Å²) in [5.74, 6) is 0. The Hall–Kier alpha value is -6.84. The van der Waals surface area contributed by atoms with Crippen LogP contribution >= 0.6 is 0 Å². The normalized spacial score (nSPS) is 11.5. The summed E-state index contributed by atoms with van der Waals surface area (Å²) in [4.78, 5) is 4.72. The molecule has 0 aliphatic heterocycles. The predicted octanol–water partition coefficient (Wildman–Crippen LogP) is 14.0. The molecule has 0 amide bonds. The third-order valence-corrected chi connectivity index (χ3v) is 9.97. The minimum absolute atomic E-state index is 0.901. The first kappa shape index (κ1) is 29.1. The molecule has 0 atom stereocenters. The van der Waals surface area contributed by atoms with Crippen LogP contribution in [-0.4, -0.2) is 0 Å². The summed E-state index contributed by atoms with van der Waals surface area (Å²) in [5, 5.41) is 9.38. The fourth-order valence-electron chi connectivity index (χ4n) is 7.73. The Balaban J connectivity index is 1.21. The molecule has 0 unspecified atom stereocenters. The van der Waals surface area contributed by atoms with Crippen molar-refractivity contribution in [2.75, 3.05) is 9.80 Å². The van der Waals surface area contributed by atoms with E-state index < -0.39 is 0 Å². The Bertz CT molecular complexity index is 2870. The summed E-state index contributed by atoms with van der Waals surface area (Å²) < 4.78 is 6.58. The standard InChI is InChI=1S/C48H32N2O/c1-3-17-34(18-4-1)49(38-29-30-41-40-24-9-10-25-42(40)48-47(44(41)32-38)43-26-11-12-28-46(43)51-48)36-21-14-22-37(31-36)50(35-19-5-2-6-20-35)45-27-13-16-33-15-7-8-23-39(33)45/h1-32H. The molecule has 3 heteroatoms. The van der Waals surface area contributed by atoms with Gasteiger partial charge in [-0.15, -0.1) is 0 Å². The molecule has 0 radical (unpaired) electrons. The van der Waals surface area contributed by atoms with Crippen molar-refractivity contribution in [2.24, 2.45) is 0 Å². The zero-order valence-corrected chi connectivity index (χ0v) is 27.8. The lowest BCUT2D eigenvalue weighted by atomic mass is 9.96. The average Bonchev–Trinajstić information content (AvgIpc) is 3.60. The van der Waals surface area contributed by atoms with E-state index >= 15 is 0 Å². The molecule has 9 aromatic carbocycles. The first-order valence-electron chi connectivity index (χ1n) is 17.4. The summed E-state index contributed by atoms with van der Waals surface area (Å²) in [7, 11) is 0. The molecule has 0 N–H and O–H groups in total. The van der Waals surface area contributed by atoms with Crippen molar-refractivity contribution in [3.63, 3.8) is 0 Å². The van der Waals surface area contributed by atoms with Gasteiger partial charge in [-0.1, -0.05) is 127 Å². The van der Waals surface area contributed by atoms with Gasteiger partial charge in [-0.2, -0.15) is 0 Å². The fraction of sp³-hybridized carbons (Fsp3) is 0. The highest BCUT2D eigenvalue weighted by Crippen LogP contribution is 2.45. The quantitative estimate of drug-likeness (QED) is 0.167. The number of fused-ring (bicyclic) bond motifs is 9. The highest BCUT2D eigenvalue weighted by molar-refractivity contribution is 6.30. The zero-order chi connectivity index (χ0) is 33.7. The van der Waals surface area contributed by atoms with Crippen LogP contribution < -0.4 is 9.80 Å². The summed E-state index contributed by atoms with van der Waals surface area (Å²) in [6, 6.07) is 69.1. The Morgan fingerprint density at radius 2 is 0.843 bits per heavy atom. The molecule has 240 valence electrons. The summed E-state index contributed by atoms with van der Waals surface area (Å²) in [5.41, 5.74) is 8.36. The highest BCUT2D eigenvalue weighted by atomic mass is 16.3. The van der Waals surface area contributed by atoms with E-state index in [1.165, 1.54) is 26.9 Å².